The van der Waals surface area contributed by atoms with Gasteiger partial charge in [0, 0.05) is 5.38 Å². The minimum atomic E-state index is 0.119. The number of ketones is 1. The molecule has 0 aliphatic carbocycles. The van der Waals surface area contributed by atoms with Gasteiger partial charge in [-0.2, -0.15) is 16.1 Å². The van der Waals surface area contributed by atoms with Crippen LogP contribution in [-0.2, 0) is 0 Å². The van der Waals surface area contributed by atoms with Gasteiger partial charge in [-0.3, -0.25) is 4.79 Å². The molecule has 0 atom stereocenters. The molecule has 1 aromatic rings. The predicted octanol–water partition coefficient (Wildman–Crippen LogP) is 1.69. The molecule has 0 N–H and O–H groups in total. The van der Waals surface area contributed by atoms with Crippen LogP contribution < -0.4 is 0 Å². The molecule has 0 aliphatic heterocycles. The van der Waals surface area contributed by atoms with Crippen LogP contribution in [-0.4, -0.2) is 22.2 Å². The van der Waals surface area contributed by atoms with Gasteiger partial charge in [-0.15, -0.1) is 0 Å². The van der Waals surface area contributed by atoms with E-state index >= 15 is 0 Å². The predicted molar refractivity (Wildman–Crippen MR) is 44.8 cm³/mol. The van der Waals surface area contributed by atoms with Gasteiger partial charge in [0.1, 0.15) is 5.69 Å². The zero-order chi connectivity index (χ0) is 7.40. The van der Waals surface area contributed by atoms with E-state index in [2.05, 4.69) is 4.37 Å². The summed E-state index contributed by atoms with van der Waals surface area (Å²) in [6.45, 7) is 0. The van der Waals surface area contributed by atoms with E-state index in [1.54, 1.807) is 6.07 Å². The Hall–Kier alpha value is -0.350. The first-order valence-corrected chi connectivity index (χ1v) is 5.00. The standard InChI is InChI=1S/C6H7NOS2/c1-9-4-6(8)5-2-3-10-7-5/h2-3H,4H2,1H3. The molecule has 0 aromatic carbocycles. The molecular formula is C6H7NOS2. The van der Waals surface area contributed by atoms with Crippen molar-refractivity contribution in [3.05, 3.63) is 17.1 Å². The molecule has 0 fully saturated rings. The van der Waals surface area contributed by atoms with E-state index < -0.39 is 0 Å². The zero-order valence-corrected chi connectivity index (χ0v) is 7.17. The van der Waals surface area contributed by atoms with Gasteiger partial charge in [0.2, 0.25) is 0 Å². The number of carbonyl (C=O) groups is 1. The number of Topliss-reactive ketones (excluding diaryl/α,β-unsaturated/α-hetero) is 1. The summed E-state index contributed by atoms with van der Waals surface area (Å²) in [6, 6.07) is 1.75. The molecule has 2 nitrogen and oxygen atoms in total. The van der Waals surface area contributed by atoms with Crippen molar-refractivity contribution < 1.29 is 4.79 Å². The molecule has 1 heterocycles. The Balaban J connectivity index is 2.59. The van der Waals surface area contributed by atoms with Gasteiger partial charge in [0.25, 0.3) is 0 Å². The van der Waals surface area contributed by atoms with E-state index in [-0.39, 0.29) is 5.78 Å². The highest BCUT2D eigenvalue weighted by Gasteiger charge is 2.05. The number of rotatable bonds is 3. The molecule has 0 amide bonds. The maximum Gasteiger partial charge on any atom is 0.192 e. The Morgan fingerprint density at radius 3 is 3.20 bits per heavy atom. The van der Waals surface area contributed by atoms with E-state index in [4.69, 9.17) is 0 Å². The minimum absolute atomic E-state index is 0.119. The Morgan fingerprint density at radius 2 is 2.70 bits per heavy atom. The van der Waals surface area contributed by atoms with E-state index in [0.29, 0.717) is 11.4 Å². The molecule has 0 saturated heterocycles. The fourth-order valence-electron chi connectivity index (χ4n) is 0.561. The Morgan fingerprint density at radius 1 is 1.90 bits per heavy atom. The van der Waals surface area contributed by atoms with E-state index in [0.717, 1.165) is 0 Å². The van der Waals surface area contributed by atoms with Crippen LogP contribution in [0, 0.1) is 0 Å². The van der Waals surface area contributed by atoms with Crippen molar-refractivity contribution in [2.75, 3.05) is 12.0 Å². The molecule has 10 heavy (non-hydrogen) atoms. The lowest BCUT2D eigenvalue weighted by Gasteiger charge is -1.89. The first kappa shape index (κ1) is 7.75. The first-order valence-electron chi connectivity index (χ1n) is 2.77. The summed E-state index contributed by atoms with van der Waals surface area (Å²) in [5.74, 6) is 0.651. The summed E-state index contributed by atoms with van der Waals surface area (Å²) in [6.07, 6.45) is 1.91. The third-order valence-corrected chi connectivity index (χ3v) is 2.11. The number of thioether (sulfide) groups is 1. The Labute approximate surface area is 67.8 Å². The molecule has 0 spiro atoms. The average Bonchev–Trinajstić information content (AvgIpc) is 2.38. The van der Waals surface area contributed by atoms with Gasteiger partial charge in [0.15, 0.2) is 5.78 Å². The summed E-state index contributed by atoms with van der Waals surface area (Å²) in [7, 11) is 0. The summed E-state index contributed by atoms with van der Waals surface area (Å²) in [5, 5.41) is 1.81. The van der Waals surface area contributed by atoms with Gasteiger partial charge in [-0.25, -0.2) is 0 Å². The molecule has 0 radical (unpaired) electrons. The Bertz CT molecular complexity index is 208. The first-order chi connectivity index (χ1) is 4.84. The van der Waals surface area contributed by atoms with E-state index in [1.165, 1.54) is 23.3 Å². The van der Waals surface area contributed by atoms with Gasteiger partial charge >= 0.3 is 0 Å². The summed E-state index contributed by atoms with van der Waals surface area (Å²) >= 11 is 2.84. The second-order valence-corrected chi connectivity index (χ2v) is 3.27. The maximum atomic E-state index is 11.0. The molecular weight excluding hydrogens is 166 g/mol. The van der Waals surface area contributed by atoms with Crippen LogP contribution in [0.25, 0.3) is 0 Å². The van der Waals surface area contributed by atoms with E-state index in [9.17, 15) is 4.79 Å². The van der Waals surface area contributed by atoms with Crippen molar-refractivity contribution in [1.29, 1.82) is 0 Å². The highest BCUT2D eigenvalue weighted by atomic mass is 32.2. The Kier molecular flexibility index (Phi) is 2.89. The number of hydrogen-bond donors (Lipinski definition) is 0. The van der Waals surface area contributed by atoms with Crippen LogP contribution in [0.4, 0.5) is 0 Å². The fraction of sp³-hybridized carbons (Fsp3) is 0.333. The number of hydrogen-bond acceptors (Lipinski definition) is 4. The number of aromatic nitrogens is 1. The van der Waals surface area contributed by atoms with Crippen LogP contribution in [0.2, 0.25) is 0 Å². The fourth-order valence-corrected chi connectivity index (χ4v) is 1.50. The normalized spacial score (nSPS) is 9.70. The molecule has 0 saturated carbocycles. The monoisotopic (exact) mass is 173 g/mol. The maximum absolute atomic E-state index is 11.0. The molecule has 1 rings (SSSR count). The van der Waals surface area contributed by atoms with Crippen molar-refractivity contribution in [2.24, 2.45) is 0 Å². The largest absolute Gasteiger partial charge is 0.291 e. The lowest BCUT2D eigenvalue weighted by molar-refractivity contribution is 0.101. The second kappa shape index (κ2) is 3.73. The van der Waals surface area contributed by atoms with Crippen LogP contribution in [0.1, 0.15) is 10.5 Å². The smallest absolute Gasteiger partial charge is 0.192 e. The molecule has 54 valence electrons. The summed E-state index contributed by atoms with van der Waals surface area (Å²) in [5.41, 5.74) is 0.597. The van der Waals surface area contributed by atoms with Crippen molar-refractivity contribution in [1.82, 2.24) is 4.37 Å². The third-order valence-electron chi connectivity index (χ3n) is 0.999. The lowest BCUT2D eigenvalue weighted by Crippen LogP contribution is -2.01. The van der Waals surface area contributed by atoms with Gasteiger partial charge < -0.3 is 0 Å². The number of nitrogens with zero attached hydrogens (tertiary/aromatic N) is 1. The third kappa shape index (κ3) is 1.82. The van der Waals surface area contributed by atoms with Gasteiger partial charge in [-0.1, -0.05) is 0 Å². The lowest BCUT2D eigenvalue weighted by atomic mass is 10.3. The van der Waals surface area contributed by atoms with Crippen LogP contribution in [0.3, 0.4) is 0 Å². The van der Waals surface area contributed by atoms with Crippen LogP contribution in [0.5, 0.6) is 0 Å². The van der Waals surface area contributed by atoms with Crippen LogP contribution in [0.15, 0.2) is 11.4 Å². The SMILES string of the molecule is CSCC(=O)c1ccsn1. The van der Waals surface area contributed by atoms with Crippen molar-refractivity contribution in [3.8, 4) is 0 Å². The topological polar surface area (TPSA) is 30.0 Å². The quantitative estimate of drug-likeness (QED) is 0.651. The highest BCUT2D eigenvalue weighted by molar-refractivity contribution is 7.99. The number of carbonyl (C=O) groups excluding carboxylic acids is 1. The molecule has 0 bridgehead atoms. The van der Waals surface area contributed by atoms with Gasteiger partial charge in [0.05, 0.1) is 5.75 Å². The van der Waals surface area contributed by atoms with Crippen molar-refractivity contribution in [2.45, 2.75) is 0 Å². The zero-order valence-electron chi connectivity index (χ0n) is 5.53. The second-order valence-electron chi connectivity index (χ2n) is 1.74. The summed E-state index contributed by atoms with van der Waals surface area (Å²) < 4.78 is 3.91. The van der Waals surface area contributed by atoms with Gasteiger partial charge in [-0.05, 0) is 23.9 Å². The minimum Gasteiger partial charge on any atom is -0.291 e. The molecule has 4 heteroatoms. The average molecular weight is 173 g/mol. The van der Waals surface area contributed by atoms with Crippen LogP contribution >= 0.6 is 23.3 Å². The summed E-state index contributed by atoms with van der Waals surface area (Å²) in [4.78, 5) is 11.0. The highest BCUT2D eigenvalue weighted by Crippen LogP contribution is 2.04. The molecule has 1 aromatic heterocycles. The molecule has 0 aliphatic rings. The molecule has 0 unspecified atom stereocenters. The van der Waals surface area contributed by atoms with E-state index in [1.807, 2.05) is 11.6 Å². The van der Waals surface area contributed by atoms with Crippen molar-refractivity contribution >= 4 is 29.1 Å². The van der Waals surface area contributed by atoms with Crippen molar-refractivity contribution in [3.63, 3.8) is 0 Å².